The second-order valence-electron chi connectivity index (χ2n) is 4.45. The van der Waals surface area contributed by atoms with Crippen molar-refractivity contribution in [1.82, 2.24) is 0 Å². The number of alkyl halides is 2. The number of allylic oxidation sites excluding steroid dienone is 1. The lowest BCUT2D eigenvalue weighted by molar-refractivity contribution is -0.151. The van der Waals surface area contributed by atoms with E-state index in [4.69, 9.17) is 4.74 Å². The van der Waals surface area contributed by atoms with Crippen LogP contribution >= 0.6 is 0 Å². The van der Waals surface area contributed by atoms with E-state index in [1.165, 1.54) is 31.2 Å². The Kier molecular flexibility index (Phi) is 8.10. The molecule has 0 aliphatic heterocycles. The third-order valence-electron chi connectivity index (χ3n) is 2.55. The quantitative estimate of drug-likeness (QED) is 0.297. The Balaban J connectivity index is 2.48. The molecule has 0 radical (unpaired) electrons. The zero-order chi connectivity index (χ0) is 17.9. The van der Waals surface area contributed by atoms with Gasteiger partial charge in [-0.2, -0.15) is 8.78 Å². The first-order valence-corrected chi connectivity index (χ1v) is 6.92. The molecule has 1 rings (SSSR count). The molecule has 0 N–H and O–H groups in total. The van der Waals surface area contributed by atoms with E-state index in [-0.39, 0.29) is 24.5 Å². The summed E-state index contributed by atoms with van der Waals surface area (Å²) in [5, 5.41) is 0. The van der Waals surface area contributed by atoms with Crippen molar-refractivity contribution < 1.29 is 37.4 Å². The van der Waals surface area contributed by atoms with Crippen LogP contribution < -0.4 is 4.74 Å². The van der Waals surface area contributed by atoms with Crippen LogP contribution in [-0.4, -0.2) is 37.5 Å². The maximum absolute atomic E-state index is 12.3. The molecule has 0 atom stereocenters. The van der Waals surface area contributed by atoms with E-state index >= 15 is 0 Å². The topological polar surface area (TPSA) is 78.9 Å². The van der Waals surface area contributed by atoms with Crippen LogP contribution in [0.1, 0.15) is 18.9 Å². The van der Waals surface area contributed by atoms with Crippen LogP contribution in [0.2, 0.25) is 0 Å². The van der Waals surface area contributed by atoms with Gasteiger partial charge in [0.05, 0.1) is 0 Å². The highest BCUT2D eigenvalue weighted by atomic mass is 19.3. The van der Waals surface area contributed by atoms with Crippen molar-refractivity contribution in [3.8, 4) is 5.75 Å². The van der Waals surface area contributed by atoms with Gasteiger partial charge < -0.3 is 14.2 Å². The molecule has 1 aromatic rings. The normalized spacial score (nSPS) is 10.7. The summed E-state index contributed by atoms with van der Waals surface area (Å²) >= 11 is 0. The fourth-order valence-corrected chi connectivity index (χ4v) is 1.60. The lowest BCUT2D eigenvalue weighted by Crippen LogP contribution is -2.14. The number of carbonyl (C=O) groups excluding carboxylic acids is 3. The molecular formula is C16H16F2O6. The van der Waals surface area contributed by atoms with Gasteiger partial charge in [0.15, 0.2) is 5.78 Å². The van der Waals surface area contributed by atoms with E-state index in [9.17, 15) is 23.2 Å². The molecule has 0 amide bonds. The van der Waals surface area contributed by atoms with Crippen LogP contribution in [0.5, 0.6) is 5.75 Å². The highest BCUT2D eigenvalue weighted by Crippen LogP contribution is 2.21. The maximum Gasteiger partial charge on any atom is 0.387 e. The lowest BCUT2D eigenvalue weighted by Gasteiger charge is -2.07. The van der Waals surface area contributed by atoms with Crippen molar-refractivity contribution in [2.45, 2.75) is 20.0 Å². The Morgan fingerprint density at radius 1 is 1.12 bits per heavy atom. The van der Waals surface area contributed by atoms with Gasteiger partial charge in [-0.15, -0.1) is 0 Å². The monoisotopic (exact) mass is 342 g/mol. The van der Waals surface area contributed by atoms with Gasteiger partial charge in [-0.3, -0.25) is 14.4 Å². The van der Waals surface area contributed by atoms with E-state index in [2.05, 4.69) is 9.47 Å². The lowest BCUT2D eigenvalue weighted by atomic mass is 10.1. The van der Waals surface area contributed by atoms with Gasteiger partial charge in [-0.05, 0) is 18.2 Å². The number of ketones is 1. The molecule has 0 saturated heterocycles. The van der Waals surface area contributed by atoms with Gasteiger partial charge in [-0.1, -0.05) is 18.2 Å². The number of esters is 2. The first kappa shape index (κ1) is 19.3. The molecule has 8 heteroatoms. The number of hydrogen-bond donors (Lipinski definition) is 0. The number of hydrogen-bond acceptors (Lipinski definition) is 6. The van der Waals surface area contributed by atoms with Crippen molar-refractivity contribution in [1.29, 1.82) is 0 Å². The Hall–Kier alpha value is -2.77. The maximum atomic E-state index is 12.3. The van der Waals surface area contributed by atoms with Crippen molar-refractivity contribution in [3.63, 3.8) is 0 Å². The van der Waals surface area contributed by atoms with Gasteiger partial charge in [0.1, 0.15) is 25.4 Å². The average molecular weight is 342 g/mol. The number of ether oxygens (including phenoxy) is 3. The summed E-state index contributed by atoms with van der Waals surface area (Å²) in [5.74, 6) is -1.94. The Bertz CT molecular complexity index is 612. The molecule has 0 unspecified atom stereocenters. The molecule has 130 valence electrons. The molecule has 0 aromatic heterocycles. The Morgan fingerprint density at radius 2 is 1.79 bits per heavy atom. The van der Waals surface area contributed by atoms with Crippen molar-refractivity contribution in [2.24, 2.45) is 0 Å². The standard InChI is InChI=1S/C16H16F2O6/c1-11(19)22-8-9-23-15(21)10-13(20)7-6-12-4-2-3-5-14(12)24-16(17)18/h2-7,16H,8-10H2,1H3. The molecule has 0 heterocycles. The fourth-order valence-electron chi connectivity index (χ4n) is 1.60. The minimum atomic E-state index is -2.98. The van der Waals surface area contributed by atoms with Crippen molar-refractivity contribution >= 4 is 23.8 Å². The van der Waals surface area contributed by atoms with Gasteiger partial charge in [-0.25, -0.2) is 0 Å². The Labute approximate surface area is 137 Å². The van der Waals surface area contributed by atoms with Crippen LogP contribution in [0.4, 0.5) is 8.78 Å². The van der Waals surface area contributed by atoms with Gasteiger partial charge >= 0.3 is 18.6 Å². The molecule has 0 fully saturated rings. The minimum Gasteiger partial charge on any atom is -0.462 e. The van der Waals surface area contributed by atoms with Gasteiger partial charge in [0.2, 0.25) is 0 Å². The van der Waals surface area contributed by atoms with Gasteiger partial charge in [0.25, 0.3) is 0 Å². The van der Waals surface area contributed by atoms with Crippen molar-refractivity contribution in [2.75, 3.05) is 13.2 Å². The highest BCUT2D eigenvalue weighted by molar-refractivity contribution is 6.04. The summed E-state index contributed by atoms with van der Waals surface area (Å²) in [4.78, 5) is 33.5. The van der Waals surface area contributed by atoms with Crippen LogP contribution in [0.15, 0.2) is 30.3 Å². The zero-order valence-corrected chi connectivity index (χ0v) is 12.9. The van der Waals surface area contributed by atoms with E-state index in [0.29, 0.717) is 0 Å². The summed E-state index contributed by atoms with van der Waals surface area (Å²) in [5.41, 5.74) is 0.273. The zero-order valence-electron chi connectivity index (χ0n) is 12.9. The molecular weight excluding hydrogens is 326 g/mol. The SMILES string of the molecule is CC(=O)OCCOC(=O)CC(=O)C=Cc1ccccc1OC(F)F. The summed E-state index contributed by atoms with van der Waals surface area (Å²) in [7, 11) is 0. The third kappa shape index (κ3) is 8.02. The highest BCUT2D eigenvalue weighted by Gasteiger charge is 2.10. The van der Waals surface area contributed by atoms with E-state index in [1.807, 2.05) is 0 Å². The van der Waals surface area contributed by atoms with Gasteiger partial charge in [0, 0.05) is 12.5 Å². The molecule has 0 bridgehead atoms. The molecule has 0 aliphatic carbocycles. The average Bonchev–Trinajstić information content (AvgIpc) is 2.50. The number of halogens is 2. The molecule has 24 heavy (non-hydrogen) atoms. The molecule has 0 aliphatic rings. The van der Waals surface area contributed by atoms with E-state index in [0.717, 1.165) is 6.08 Å². The van der Waals surface area contributed by atoms with Crippen molar-refractivity contribution in [3.05, 3.63) is 35.9 Å². The number of benzene rings is 1. The first-order chi connectivity index (χ1) is 11.4. The predicted molar refractivity (Wildman–Crippen MR) is 79.3 cm³/mol. The van der Waals surface area contributed by atoms with E-state index in [1.54, 1.807) is 6.07 Å². The van der Waals surface area contributed by atoms with Crippen LogP contribution in [0.3, 0.4) is 0 Å². The first-order valence-electron chi connectivity index (χ1n) is 6.92. The third-order valence-corrected chi connectivity index (χ3v) is 2.55. The number of para-hydroxylation sites is 1. The second kappa shape index (κ2) is 10.1. The molecule has 0 spiro atoms. The van der Waals surface area contributed by atoms with Crippen LogP contribution in [0, 0.1) is 0 Å². The Morgan fingerprint density at radius 3 is 2.46 bits per heavy atom. The molecule has 6 nitrogen and oxygen atoms in total. The van der Waals surface area contributed by atoms with E-state index < -0.39 is 30.8 Å². The molecule has 1 aromatic carbocycles. The summed E-state index contributed by atoms with van der Waals surface area (Å²) in [6.45, 7) is -2.02. The van der Waals surface area contributed by atoms with Crippen LogP contribution in [-0.2, 0) is 23.9 Å². The predicted octanol–water partition coefficient (Wildman–Crippen LogP) is 2.37. The number of carbonyl (C=O) groups is 3. The smallest absolute Gasteiger partial charge is 0.387 e. The number of rotatable bonds is 9. The molecule has 0 saturated carbocycles. The minimum absolute atomic E-state index is 0.0829. The second-order valence-corrected chi connectivity index (χ2v) is 4.45. The van der Waals surface area contributed by atoms with Crippen LogP contribution in [0.25, 0.3) is 6.08 Å². The largest absolute Gasteiger partial charge is 0.462 e. The fraction of sp³-hybridized carbons (Fsp3) is 0.312. The summed E-state index contributed by atoms with van der Waals surface area (Å²) in [6, 6.07) is 5.92. The summed E-state index contributed by atoms with van der Waals surface area (Å²) in [6.07, 6.45) is 1.82. The summed E-state index contributed by atoms with van der Waals surface area (Å²) < 4.78 is 38.1.